The van der Waals surface area contributed by atoms with Crippen LogP contribution in [0.25, 0.3) is 6.08 Å². The Bertz CT molecular complexity index is 486. The van der Waals surface area contributed by atoms with E-state index < -0.39 is 0 Å². The molecule has 0 aliphatic heterocycles. The third-order valence-corrected chi connectivity index (χ3v) is 3.30. The van der Waals surface area contributed by atoms with Gasteiger partial charge in [0.15, 0.2) is 0 Å². The van der Waals surface area contributed by atoms with Crippen LogP contribution in [-0.2, 0) is 6.42 Å². The van der Waals surface area contributed by atoms with Gasteiger partial charge in [0.25, 0.3) is 0 Å². The van der Waals surface area contributed by atoms with Crippen LogP contribution in [0.3, 0.4) is 0 Å². The van der Waals surface area contributed by atoms with E-state index in [-0.39, 0.29) is 0 Å². The van der Waals surface area contributed by atoms with Crippen molar-refractivity contribution in [1.82, 2.24) is 0 Å². The van der Waals surface area contributed by atoms with Crippen molar-refractivity contribution in [3.8, 4) is 0 Å². The Morgan fingerprint density at radius 2 is 1.28 bits per heavy atom. The van der Waals surface area contributed by atoms with Gasteiger partial charge in [-0.05, 0) is 52.8 Å². The number of benzene rings is 1. The first kappa shape index (κ1) is 25.9. The first-order valence-corrected chi connectivity index (χ1v) is 9.80. The minimum Gasteiger partial charge on any atom is -0.0998 e. The monoisotopic (exact) mass is 344 g/mol. The highest BCUT2D eigenvalue weighted by molar-refractivity contribution is 5.55. The van der Waals surface area contributed by atoms with Crippen molar-refractivity contribution >= 4 is 6.08 Å². The molecule has 0 unspecified atom stereocenters. The molecule has 0 saturated carbocycles. The molecule has 0 radical (unpaired) electrons. The summed E-state index contributed by atoms with van der Waals surface area (Å²) in [6.45, 7) is 31.9. The molecule has 1 aromatic rings. The Morgan fingerprint density at radius 1 is 0.960 bits per heavy atom. The van der Waals surface area contributed by atoms with Gasteiger partial charge in [-0.25, -0.2) is 0 Å². The SMILES string of the molecule is C=Cc1cc(C(C)C)c(CC(=C)C)c(C(C)C)c1.CC.CC(C)(C)C. The van der Waals surface area contributed by atoms with E-state index in [0.717, 1.165) is 6.42 Å². The van der Waals surface area contributed by atoms with Crippen LogP contribution in [0.4, 0.5) is 0 Å². The van der Waals surface area contributed by atoms with Gasteiger partial charge in [-0.3, -0.25) is 0 Å². The minimum absolute atomic E-state index is 0.500. The largest absolute Gasteiger partial charge is 0.0998 e. The lowest BCUT2D eigenvalue weighted by atomic mass is 9.84. The first-order chi connectivity index (χ1) is 11.4. The van der Waals surface area contributed by atoms with Crippen LogP contribution < -0.4 is 0 Å². The quantitative estimate of drug-likeness (QED) is 0.468. The van der Waals surface area contributed by atoms with Crippen LogP contribution in [0.15, 0.2) is 30.9 Å². The lowest BCUT2D eigenvalue weighted by Crippen LogP contribution is -2.05. The van der Waals surface area contributed by atoms with E-state index in [1.807, 2.05) is 19.9 Å². The highest BCUT2D eigenvalue weighted by Gasteiger charge is 2.15. The topological polar surface area (TPSA) is 0 Å². The molecule has 0 amide bonds. The molecule has 144 valence electrons. The molecule has 0 heterocycles. The lowest BCUT2D eigenvalue weighted by molar-refractivity contribution is 0.469. The zero-order valence-electron chi connectivity index (χ0n) is 19.0. The van der Waals surface area contributed by atoms with E-state index in [1.165, 1.54) is 27.8 Å². The van der Waals surface area contributed by atoms with Crippen molar-refractivity contribution < 1.29 is 0 Å². The second-order valence-electron chi connectivity index (χ2n) is 8.83. The van der Waals surface area contributed by atoms with Crippen LogP contribution in [0.1, 0.15) is 110 Å². The van der Waals surface area contributed by atoms with E-state index in [0.29, 0.717) is 17.3 Å². The van der Waals surface area contributed by atoms with Crippen LogP contribution in [0, 0.1) is 5.41 Å². The maximum absolute atomic E-state index is 4.07. The molecule has 0 aliphatic carbocycles. The molecule has 0 atom stereocenters. The van der Waals surface area contributed by atoms with Gasteiger partial charge in [0.1, 0.15) is 0 Å². The highest BCUT2D eigenvalue weighted by atomic mass is 14.2. The Morgan fingerprint density at radius 3 is 1.48 bits per heavy atom. The summed E-state index contributed by atoms with van der Waals surface area (Å²) in [5, 5.41) is 0. The summed E-state index contributed by atoms with van der Waals surface area (Å²) >= 11 is 0. The normalized spacial score (nSPS) is 10.6. The molecule has 0 spiro atoms. The van der Waals surface area contributed by atoms with Gasteiger partial charge in [0.05, 0.1) is 0 Å². The van der Waals surface area contributed by atoms with E-state index in [1.54, 1.807) is 0 Å². The molecule has 1 aromatic carbocycles. The Labute approximate surface area is 159 Å². The summed E-state index contributed by atoms with van der Waals surface area (Å²) < 4.78 is 0. The molecule has 0 N–H and O–H groups in total. The average Bonchev–Trinajstić information content (AvgIpc) is 2.46. The smallest absolute Gasteiger partial charge is 0.00669 e. The number of hydrogen-bond acceptors (Lipinski definition) is 0. The first-order valence-electron chi connectivity index (χ1n) is 9.80. The lowest BCUT2D eigenvalue weighted by Gasteiger charge is -2.21. The molecular weight excluding hydrogens is 300 g/mol. The van der Waals surface area contributed by atoms with Crippen LogP contribution >= 0.6 is 0 Å². The second kappa shape index (κ2) is 12.1. The van der Waals surface area contributed by atoms with Crippen molar-refractivity contribution in [2.75, 3.05) is 0 Å². The van der Waals surface area contributed by atoms with E-state index in [4.69, 9.17) is 0 Å². The Balaban J connectivity index is 0. The fourth-order valence-electron chi connectivity index (χ4n) is 2.40. The highest BCUT2D eigenvalue weighted by Crippen LogP contribution is 2.31. The second-order valence-corrected chi connectivity index (χ2v) is 8.83. The van der Waals surface area contributed by atoms with Gasteiger partial charge < -0.3 is 0 Å². The Hall–Kier alpha value is -1.30. The Kier molecular flexibility index (Phi) is 12.6. The van der Waals surface area contributed by atoms with E-state index in [2.05, 4.69) is 87.6 Å². The molecule has 0 bridgehead atoms. The zero-order valence-corrected chi connectivity index (χ0v) is 19.0. The molecule has 0 nitrogen and oxygen atoms in total. The van der Waals surface area contributed by atoms with Gasteiger partial charge in [0, 0.05) is 0 Å². The van der Waals surface area contributed by atoms with Crippen molar-refractivity contribution in [3.05, 3.63) is 53.1 Å². The van der Waals surface area contributed by atoms with Gasteiger partial charge in [0.2, 0.25) is 0 Å². The summed E-state index contributed by atoms with van der Waals surface area (Å²) in [6.07, 6.45) is 2.93. The van der Waals surface area contributed by atoms with E-state index >= 15 is 0 Å². The van der Waals surface area contributed by atoms with Gasteiger partial charge in [-0.15, -0.1) is 0 Å². The van der Waals surface area contributed by atoms with Crippen molar-refractivity contribution in [1.29, 1.82) is 0 Å². The number of rotatable bonds is 5. The molecule has 25 heavy (non-hydrogen) atoms. The number of hydrogen-bond donors (Lipinski definition) is 0. The number of allylic oxidation sites excluding steroid dienone is 1. The maximum Gasteiger partial charge on any atom is -0.00669 e. The van der Waals surface area contributed by atoms with Gasteiger partial charge in [-0.1, -0.05) is 106 Å². The summed E-state index contributed by atoms with van der Waals surface area (Å²) in [5.74, 6) is 1.08. The van der Waals surface area contributed by atoms with Crippen LogP contribution in [0.2, 0.25) is 0 Å². The fourth-order valence-corrected chi connectivity index (χ4v) is 2.40. The van der Waals surface area contributed by atoms with Crippen LogP contribution in [0.5, 0.6) is 0 Å². The van der Waals surface area contributed by atoms with Crippen LogP contribution in [-0.4, -0.2) is 0 Å². The third-order valence-electron chi connectivity index (χ3n) is 3.30. The van der Waals surface area contributed by atoms with Crippen molar-refractivity contribution in [2.24, 2.45) is 5.41 Å². The summed E-state index contributed by atoms with van der Waals surface area (Å²) in [7, 11) is 0. The fraction of sp³-hybridized carbons (Fsp3) is 0.600. The summed E-state index contributed by atoms with van der Waals surface area (Å²) in [5.41, 5.74) is 7.31. The minimum atomic E-state index is 0.500. The molecule has 0 aromatic heterocycles. The molecule has 0 saturated heterocycles. The maximum atomic E-state index is 4.07. The molecule has 0 fully saturated rings. The van der Waals surface area contributed by atoms with E-state index in [9.17, 15) is 0 Å². The third kappa shape index (κ3) is 11.8. The summed E-state index contributed by atoms with van der Waals surface area (Å²) in [4.78, 5) is 0. The van der Waals surface area contributed by atoms with Gasteiger partial charge in [-0.2, -0.15) is 0 Å². The standard InChI is InChI=1S/C18H26.C5H12.C2H6/c1-8-15-10-16(13(4)5)18(9-12(2)3)17(11-15)14(6)7;1-5(2,3)4;1-2/h8,10-11,13-14H,1-2,9H2,3-7H3;1-4H3;1-2H3. The van der Waals surface area contributed by atoms with Crippen molar-refractivity contribution in [2.45, 2.75) is 94.4 Å². The average molecular weight is 345 g/mol. The molecule has 1 rings (SSSR count). The molecular formula is C25H44. The predicted molar refractivity (Wildman–Crippen MR) is 120 cm³/mol. The van der Waals surface area contributed by atoms with Crippen molar-refractivity contribution in [3.63, 3.8) is 0 Å². The van der Waals surface area contributed by atoms with Gasteiger partial charge >= 0.3 is 0 Å². The zero-order chi connectivity index (χ0) is 20.4. The molecule has 0 aliphatic rings. The summed E-state index contributed by atoms with van der Waals surface area (Å²) in [6, 6.07) is 4.56. The molecule has 0 heteroatoms. The predicted octanol–water partition coefficient (Wildman–Crippen LogP) is 8.77.